The predicted octanol–water partition coefficient (Wildman–Crippen LogP) is 1.29. The van der Waals surface area contributed by atoms with E-state index in [2.05, 4.69) is 10.3 Å². The first-order valence-electron chi connectivity index (χ1n) is 7.24. The van der Waals surface area contributed by atoms with Gasteiger partial charge in [-0.2, -0.15) is 0 Å². The second-order valence-corrected chi connectivity index (χ2v) is 5.72. The summed E-state index contributed by atoms with van der Waals surface area (Å²) in [4.78, 5) is 30.0. The maximum absolute atomic E-state index is 12.2. The van der Waals surface area contributed by atoms with Gasteiger partial charge in [-0.05, 0) is 24.8 Å². The average molecular weight is 289 g/mol. The van der Waals surface area contributed by atoms with Crippen molar-refractivity contribution < 1.29 is 14.3 Å². The largest absolute Gasteiger partial charge is 0.481 e. The third-order valence-corrected chi connectivity index (χ3v) is 3.97. The second kappa shape index (κ2) is 5.71. The van der Waals surface area contributed by atoms with Crippen molar-refractivity contribution in [1.29, 1.82) is 0 Å². The number of carbonyl (C=O) groups is 2. The summed E-state index contributed by atoms with van der Waals surface area (Å²) >= 11 is 0. The van der Waals surface area contributed by atoms with Gasteiger partial charge in [0.15, 0.2) is 0 Å². The average Bonchev–Trinajstić information content (AvgIpc) is 3.23. The summed E-state index contributed by atoms with van der Waals surface area (Å²) in [6.07, 6.45) is 4.27. The van der Waals surface area contributed by atoms with Gasteiger partial charge >= 0.3 is 0 Å². The molecule has 1 saturated heterocycles. The van der Waals surface area contributed by atoms with E-state index in [0.29, 0.717) is 30.5 Å². The number of rotatable bonds is 5. The third kappa shape index (κ3) is 3.32. The SMILES string of the molecule is COc1ccc(NC(=O)C2CC(=O)N(CC3CC3)C2)cn1. The van der Waals surface area contributed by atoms with Gasteiger partial charge in [0, 0.05) is 25.6 Å². The zero-order valence-electron chi connectivity index (χ0n) is 12.0. The summed E-state index contributed by atoms with van der Waals surface area (Å²) in [5.74, 6) is 0.864. The quantitative estimate of drug-likeness (QED) is 0.886. The molecule has 2 heterocycles. The maximum Gasteiger partial charge on any atom is 0.229 e. The molecule has 6 nitrogen and oxygen atoms in total. The van der Waals surface area contributed by atoms with Crippen molar-refractivity contribution in [3.8, 4) is 5.88 Å². The number of likely N-dealkylation sites (tertiary alicyclic amines) is 1. The van der Waals surface area contributed by atoms with E-state index in [-0.39, 0.29) is 17.7 Å². The van der Waals surface area contributed by atoms with Crippen LogP contribution in [0, 0.1) is 11.8 Å². The monoisotopic (exact) mass is 289 g/mol. The minimum absolute atomic E-state index is 0.0925. The number of methoxy groups -OCH3 is 1. The standard InChI is InChI=1S/C15H19N3O3/c1-21-13-5-4-12(7-16-13)17-15(20)11-6-14(19)18(9-11)8-10-2-3-10/h4-5,7,10-11H,2-3,6,8-9H2,1H3,(H,17,20). The van der Waals surface area contributed by atoms with Crippen LogP contribution in [0.4, 0.5) is 5.69 Å². The van der Waals surface area contributed by atoms with Gasteiger partial charge in [-0.3, -0.25) is 9.59 Å². The Morgan fingerprint density at radius 2 is 2.29 bits per heavy atom. The van der Waals surface area contributed by atoms with Gasteiger partial charge in [0.25, 0.3) is 0 Å². The van der Waals surface area contributed by atoms with E-state index in [0.717, 1.165) is 6.54 Å². The molecule has 2 amide bonds. The number of carbonyl (C=O) groups excluding carboxylic acids is 2. The molecule has 2 fully saturated rings. The van der Waals surface area contributed by atoms with Crippen LogP contribution in [-0.2, 0) is 9.59 Å². The van der Waals surface area contributed by atoms with Crippen LogP contribution in [0.25, 0.3) is 0 Å². The molecule has 0 radical (unpaired) electrons. The van der Waals surface area contributed by atoms with Crippen LogP contribution in [-0.4, -0.2) is 41.9 Å². The van der Waals surface area contributed by atoms with Crippen molar-refractivity contribution >= 4 is 17.5 Å². The summed E-state index contributed by atoms with van der Waals surface area (Å²) in [6, 6.07) is 3.43. The van der Waals surface area contributed by atoms with Crippen LogP contribution in [0.1, 0.15) is 19.3 Å². The minimum Gasteiger partial charge on any atom is -0.481 e. The number of aromatic nitrogens is 1. The van der Waals surface area contributed by atoms with E-state index in [1.54, 1.807) is 25.4 Å². The molecule has 112 valence electrons. The third-order valence-electron chi connectivity index (χ3n) is 3.97. The van der Waals surface area contributed by atoms with E-state index in [1.807, 2.05) is 4.90 Å². The van der Waals surface area contributed by atoms with E-state index in [4.69, 9.17) is 4.74 Å². The van der Waals surface area contributed by atoms with Crippen molar-refractivity contribution in [2.24, 2.45) is 11.8 Å². The zero-order valence-corrected chi connectivity index (χ0v) is 12.0. The molecule has 1 aliphatic heterocycles. The van der Waals surface area contributed by atoms with Crippen molar-refractivity contribution in [2.45, 2.75) is 19.3 Å². The molecule has 21 heavy (non-hydrogen) atoms. The Labute approximate surface area is 123 Å². The van der Waals surface area contributed by atoms with Gasteiger partial charge in [0.05, 0.1) is 24.9 Å². The van der Waals surface area contributed by atoms with Crippen LogP contribution in [0.3, 0.4) is 0 Å². The van der Waals surface area contributed by atoms with Crippen LogP contribution in [0.2, 0.25) is 0 Å². The Kier molecular flexibility index (Phi) is 3.77. The number of nitrogens with zero attached hydrogens (tertiary/aromatic N) is 2. The first-order valence-corrected chi connectivity index (χ1v) is 7.24. The molecule has 1 atom stereocenters. The molecule has 6 heteroatoms. The predicted molar refractivity (Wildman–Crippen MR) is 76.8 cm³/mol. The second-order valence-electron chi connectivity index (χ2n) is 5.72. The Bertz CT molecular complexity index is 540. The highest BCUT2D eigenvalue weighted by molar-refractivity contribution is 5.97. The first-order chi connectivity index (χ1) is 10.2. The fourth-order valence-corrected chi connectivity index (χ4v) is 2.56. The Morgan fingerprint density at radius 3 is 2.90 bits per heavy atom. The van der Waals surface area contributed by atoms with E-state index in [1.165, 1.54) is 12.8 Å². The summed E-state index contributed by atoms with van der Waals surface area (Å²) in [7, 11) is 1.54. The lowest BCUT2D eigenvalue weighted by Crippen LogP contribution is -2.29. The highest BCUT2D eigenvalue weighted by Gasteiger charge is 2.37. The summed E-state index contributed by atoms with van der Waals surface area (Å²) in [5.41, 5.74) is 0.619. The minimum atomic E-state index is -0.265. The van der Waals surface area contributed by atoms with Crippen molar-refractivity contribution in [2.75, 3.05) is 25.5 Å². The van der Waals surface area contributed by atoms with Crippen molar-refractivity contribution in [3.63, 3.8) is 0 Å². The number of nitrogens with one attached hydrogen (secondary N) is 1. The topological polar surface area (TPSA) is 71.5 Å². The normalized spacial score (nSPS) is 21.5. The van der Waals surface area contributed by atoms with Gasteiger partial charge in [-0.15, -0.1) is 0 Å². The number of hydrogen-bond acceptors (Lipinski definition) is 4. The lowest BCUT2D eigenvalue weighted by atomic mass is 10.1. The molecule has 1 aromatic rings. The Morgan fingerprint density at radius 1 is 1.48 bits per heavy atom. The van der Waals surface area contributed by atoms with Crippen molar-refractivity contribution in [3.05, 3.63) is 18.3 Å². The highest BCUT2D eigenvalue weighted by atomic mass is 16.5. The van der Waals surface area contributed by atoms with Gasteiger partial charge in [0.2, 0.25) is 17.7 Å². The molecule has 1 aromatic heterocycles. The van der Waals surface area contributed by atoms with Crippen LogP contribution in [0.15, 0.2) is 18.3 Å². The summed E-state index contributed by atoms with van der Waals surface area (Å²) in [5, 5.41) is 2.81. The fraction of sp³-hybridized carbons (Fsp3) is 0.533. The van der Waals surface area contributed by atoms with E-state index >= 15 is 0 Å². The van der Waals surface area contributed by atoms with Crippen LogP contribution >= 0.6 is 0 Å². The number of amides is 2. The number of anilines is 1. The molecule has 3 rings (SSSR count). The summed E-state index contributed by atoms with van der Waals surface area (Å²) < 4.78 is 4.97. The van der Waals surface area contributed by atoms with Gasteiger partial charge in [0.1, 0.15) is 0 Å². The number of hydrogen-bond donors (Lipinski definition) is 1. The molecule has 0 bridgehead atoms. The van der Waals surface area contributed by atoms with Crippen molar-refractivity contribution in [1.82, 2.24) is 9.88 Å². The van der Waals surface area contributed by atoms with Crippen LogP contribution in [0.5, 0.6) is 5.88 Å². The Hall–Kier alpha value is -2.11. The number of ether oxygens (including phenoxy) is 1. The molecular formula is C15H19N3O3. The molecule has 1 N–H and O–H groups in total. The molecule has 0 aromatic carbocycles. The molecule has 2 aliphatic rings. The lowest BCUT2D eigenvalue weighted by molar-refractivity contribution is -0.128. The Balaban J connectivity index is 1.56. The molecule has 1 unspecified atom stereocenters. The molecule has 0 spiro atoms. The molecule has 1 aliphatic carbocycles. The number of pyridine rings is 1. The smallest absolute Gasteiger partial charge is 0.229 e. The van der Waals surface area contributed by atoms with E-state index < -0.39 is 0 Å². The maximum atomic E-state index is 12.2. The highest BCUT2D eigenvalue weighted by Crippen LogP contribution is 2.32. The first kappa shape index (κ1) is 13.9. The fourth-order valence-electron chi connectivity index (χ4n) is 2.56. The van der Waals surface area contributed by atoms with Gasteiger partial charge in [-0.25, -0.2) is 4.98 Å². The lowest BCUT2D eigenvalue weighted by Gasteiger charge is -2.16. The zero-order chi connectivity index (χ0) is 14.8. The summed E-state index contributed by atoms with van der Waals surface area (Å²) in [6.45, 7) is 1.34. The molecular weight excluding hydrogens is 270 g/mol. The van der Waals surface area contributed by atoms with Gasteiger partial charge < -0.3 is 15.0 Å². The van der Waals surface area contributed by atoms with Gasteiger partial charge in [-0.1, -0.05) is 0 Å². The van der Waals surface area contributed by atoms with Crippen LogP contribution < -0.4 is 10.1 Å². The molecule has 1 saturated carbocycles. The van der Waals surface area contributed by atoms with E-state index in [9.17, 15) is 9.59 Å².